The molecule has 2 aliphatic rings. The van der Waals surface area contributed by atoms with Gasteiger partial charge in [-0.2, -0.15) is 0 Å². The molecule has 2 aliphatic carbocycles. The normalized spacial score (nSPS) is 24.1. The first-order chi connectivity index (χ1) is 12.3. The summed E-state index contributed by atoms with van der Waals surface area (Å²) in [4.78, 5) is 25.3. The summed E-state index contributed by atoms with van der Waals surface area (Å²) in [6, 6.07) is -4.74. The molecule has 1 aromatic rings. The van der Waals surface area contributed by atoms with Gasteiger partial charge in [-0.05, 0) is 23.7 Å². The van der Waals surface area contributed by atoms with E-state index in [1.54, 1.807) is 0 Å². The number of ketones is 2. The van der Waals surface area contributed by atoms with Gasteiger partial charge in [0.25, 0.3) is 0 Å². The molecule has 0 atom stereocenters. The van der Waals surface area contributed by atoms with Gasteiger partial charge in [0.2, 0.25) is 0 Å². The van der Waals surface area contributed by atoms with Crippen molar-refractivity contribution in [2.45, 2.75) is 0 Å². The molecule has 5 nitrogen and oxygen atoms in total. The summed E-state index contributed by atoms with van der Waals surface area (Å²) in [6.45, 7) is -3.31. The van der Waals surface area contributed by atoms with Crippen molar-refractivity contribution < 1.29 is 34.5 Å². The van der Waals surface area contributed by atoms with Crippen molar-refractivity contribution in [3.8, 4) is 5.75 Å². The second kappa shape index (κ2) is 4.18. The maximum absolute atomic E-state index is 12.8. The van der Waals surface area contributed by atoms with Crippen molar-refractivity contribution >= 4 is 17.3 Å². The minimum atomic E-state index is -3.31. The van der Waals surface area contributed by atoms with Crippen molar-refractivity contribution in [1.82, 2.24) is 0 Å². The van der Waals surface area contributed by atoms with E-state index in [2.05, 4.69) is 0 Å². The zero-order valence-electron chi connectivity index (χ0n) is 16.7. The number of aliphatic hydroxyl groups excluding tert-OH is 1. The average Bonchev–Trinajstić information content (AvgIpc) is 2.56. The summed E-state index contributed by atoms with van der Waals surface area (Å²) in [7, 11) is 0. The Morgan fingerprint density at radius 1 is 1.20 bits per heavy atom. The second-order valence-corrected chi connectivity index (χ2v) is 3.97. The van der Waals surface area contributed by atoms with Crippen LogP contribution in [0.5, 0.6) is 5.75 Å². The molecule has 3 N–H and O–H groups in total. The molecule has 0 aliphatic heterocycles. The molecule has 0 amide bonds. The Morgan fingerprint density at radius 2 is 1.95 bits per heavy atom. The molecule has 0 fully saturated rings. The third kappa shape index (κ3) is 1.53. The van der Waals surface area contributed by atoms with Crippen molar-refractivity contribution in [1.29, 1.82) is 0 Å². The van der Waals surface area contributed by atoms with Crippen LogP contribution < -0.4 is 0 Å². The quantitative estimate of drug-likeness (QED) is 0.719. The molecule has 0 aromatic heterocycles. The summed E-state index contributed by atoms with van der Waals surface area (Å²) in [5, 5.41) is 30.0. The Kier molecular flexibility index (Phi) is 1.39. The molecular formula is C15H10O5. The number of rotatable bonds is 1. The van der Waals surface area contributed by atoms with Crippen molar-refractivity contribution in [3.63, 3.8) is 0 Å². The minimum absolute atomic E-state index is 0.742. The molecule has 0 saturated heterocycles. The minimum Gasteiger partial charge on any atom is -0.507 e. The zero-order valence-corrected chi connectivity index (χ0v) is 9.66. The van der Waals surface area contributed by atoms with E-state index in [9.17, 15) is 24.9 Å². The highest BCUT2D eigenvalue weighted by Gasteiger charge is 2.36. The van der Waals surface area contributed by atoms with Gasteiger partial charge in [0.05, 0.1) is 27.3 Å². The lowest BCUT2D eigenvalue weighted by molar-refractivity contribution is -0.111. The van der Waals surface area contributed by atoms with Gasteiger partial charge < -0.3 is 15.3 Å². The van der Waals surface area contributed by atoms with Crippen LogP contribution in [0.3, 0.4) is 0 Å². The lowest BCUT2D eigenvalue weighted by Crippen LogP contribution is -2.23. The molecule has 0 radical (unpaired) electrons. The van der Waals surface area contributed by atoms with Gasteiger partial charge in [-0.25, -0.2) is 0 Å². The second-order valence-electron chi connectivity index (χ2n) is 3.97. The number of carbonyl (C=O) groups is 2. The third-order valence-corrected chi connectivity index (χ3v) is 2.86. The van der Waals surface area contributed by atoms with Crippen LogP contribution in [0.2, 0.25) is 0 Å². The first-order valence-electron chi connectivity index (χ1n) is 8.83. The molecule has 5 heteroatoms. The van der Waals surface area contributed by atoms with Gasteiger partial charge in [0.1, 0.15) is 11.5 Å². The van der Waals surface area contributed by atoms with Crippen LogP contribution in [0.4, 0.5) is 0 Å². The van der Waals surface area contributed by atoms with Crippen LogP contribution in [0.1, 0.15) is 25.5 Å². The lowest BCUT2D eigenvalue weighted by Gasteiger charge is -2.23. The number of hydrogen-bond acceptors (Lipinski definition) is 5. The van der Waals surface area contributed by atoms with E-state index < -0.39 is 87.7 Å². The van der Waals surface area contributed by atoms with Crippen LogP contribution in [0, 0.1) is 0 Å². The zero-order chi connectivity index (χ0) is 20.6. The highest BCUT2D eigenvalue weighted by atomic mass is 16.3. The SMILES string of the molecule is [2H]C1=C2C(=O)c3c([2H])c([2H])c([2H])c(O)c3C(O)=C2C(=O)C([2H])=C1C([2H])([2H])O. The molecule has 0 saturated carbocycles. The van der Waals surface area contributed by atoms with Crippen LogP contribution in [-0.2, 0) is 4.79 Å². The lowest BCUT2D eigenvalue weighted by atomic mass is 9.80. The van der Waals surface area contributed by atoms with Crippen molar-refractivity contribution in [2.24, 2.45) is 0 Å². The number of allylic oxidation sites excluding steroid dienone is 3. The number of carbonyl (C=O) groups excluding carboxylic acids is 2. The number of Topliss-reactive ketones (excluding diaryl/α,β-unsaturated/α-hetero) is 1. The van der Waals surface area contributed by atoms with Crippen molar-refractivity contribution in [3.05, 3.63) is 58.1 Å². The smallest absolute Gasteiger partial charge is 0.194 e. The molecule has 20 heavy (non-hydrogen) atoms. The summed E-state index contributed by atoms with van der Waals surface area (Å²) in [6.07, 6.45) is 0. The Bertz CT molecular complexity index is 1060. The molecular weight excluding hydrogens is 260 g/mol. The van der Waals surface area contributed by atoms with E-state index in [1.807, 2.05) is 0 Å². The third-order valence-electron chi connectivity index (χ3n) is 2.86. The van der Waals surface area contributed by atoms with Crippen LogP contribution >= 0.6 is 0 Å². The van der Waals surface area contributed by atoms with Crippen LogP contribution in [0.15, 0.2) is 47.0 Å². The fourth-order valence-electron chi connectivity index (χ4n) is 2.01. The number of hydrogen-bond donors (Lipinski definition) is 3. The van der Waals surface area contributed by atoms with Gasteiger partial charge in [-0.1, -0.05) is 12.1 Å². The van der Waals surface area contributed by atoms with Crippen LogP contribution in [0.25, 0.3) is 5.76 Å². The van der Waals surface area contributed by atoms with Crippen molar-refractivity contribution in [2.75, 3.05) is 6.56 Å². The van der Waals surface area contributed by atoms with E-state index >= 15 is 0 Å². The number of phenolic OH excluding ortho intramolecular Hbond substituents is 1. The predicted molar refractivity (Wildman–Crippen MR) is 70.2 cm³/mol. The van der Waals surface area contributed by atoms with E-state index in [-0.39, 0.29) is 0 Å². The highest BCUT2D eigenvalue weighted by Crippen LogP contribution is 2.40. The van der Waals surface area contributed by atoms with Gasteiger partial charge in [0, 0.05) is 11.1 Å². The molecule has 3 rings (SSSR count). The Balaban J connectivity index is 2.51. The highest BCUT2D eigenvalue weighted by molar-refractivity contribution is 6.29. The number of aromatic hydroxyl groups is 1. The average molecular weight is 277 g/mol. The molecule has 100 valence electrons. The summed E-state index contributed by atoms with van der Waals surface area (Å²) in [5.41, 5.74) is -4.31. The first-order valence-corrected chi connectivity index (χ1v) is 5.33. The molecule has 0 bridgehead atoms. The van der Waals surface area contributed by atoms with E-state index in [0.717, 1.165) is 0 Å². The van der Waals surface area contributed by atoms with E-state index in [0.29, 0.717) is 0 Å². The first kappa shape index (κ1) is 6.67. The maximum atomic E-state index is 12.8. The molecule has 0 unspecified atom stereocenters. The summed E-state index contributed by atoms with van der Waals surface area (Å²) in [5.74, 6) is -4.73. The molecule has 0 heterocycles. The Labute approximate surface area is 123 Å². The predicted octanol–water partition coefficient (Wildman–Crippen LogP) is 1.29. The molecule has 1 aromatic carbocycles. The van der Waals surface area contributed by atoms with Gasteiger partial charge >= 0.3 is 0 Å². The Morgan fingerprint density at radius 3 is 2.65 bits per heavy atom. The number of aliphatic hydroxyl groups is 2. The molecule has 0 spiro atoms. The van der Waals surface area contributed by atoms with E-state index in [4.69, 9.17) is 9.60 Å². The van der Waals surface area contributed by atoms with Crippen LogP contribution in [-0.4, -0.2) is 33.4 Å². The number of benzene rings is 1. The largest absolute Gasteiger partial charge is 0.507 e. The van der Waals surface area contributed by atoms with Gasteiger partial charge in [-0.3, -0.25) is 9.59 Å². The monoisotopic (exact) mass is 277 g/mol. The topological polar surface area (TPSA) is 94.8 Å². The Hall–Kier alpha value is -2.66. The van der Waals surface area contributed by atoms with E-state index in [1.165, 1.54) is 0 Å². The summed E-state index contributed by atoms with van der Waals surface area (Å²) >= 11 is 0. The number of fused-ring (bicyclic) bond motifs is 2. The fourth-order valence-corrected chi connectivity index (χ4v) is 2.01. The van der Waals surface area contributed by atoms with Gasteiger partial charge in [-0.15, -0.1) is 0 Å². The van der Waals surface area contributed by atoms with Gasteiger partial charge in [0.15, 0.2) is 11.6 Å². The number of phenols is 1. The summed E-state index contributed by atoms with van der Waals surface area (Å²) < 4.78 is 53.4. The standard InChI is InChI=1S/C15H10O5/c16-6-7-4-9-13(11(18)5-7)15(20)12-8(14(9)19)2-1-3-10(12)17/h1-5,16-17,20H,6H2/i1D,2D,3D,4D,5D,6D2. The fraction of sp³-hybridized carbons (Fsp3) is 0.0667. The maximum Gasteiger partial charge on any atom is 0.194 e.